The van der Waals surface area contributed by atoms with E-state index in [4.69, 9.17) is 11.6 Å². The van der Waals surface area contributed by atoms with Gasteiger partial charge in [-0.3, -0.25) is 9.69 Å². The molecule has 1 spiro atoms. The number of hydrogen-bond acceptors (Lipinski definition) is 3. The van der Waals surface area contributed by atoms with Gasteiger partial charge in [0, 0.05) is 28.7 Å². The Morgan fingerprint density at radius 1 is 1.18 bits per heavy atom. The highest BCUT2D eigenvalue weighted by Gasteiger charge is 2.58. The molecule has 1 amide bonds. The third kappa shape index (κ3) is 4.03. The Morgan fingerprint density at radius 2 is 1.86 bits per heavy atom. The Balaban J connectivity index is 1.33. The smallest absolute Gasteiger partial charge is 0.228 e. The summed E-state index contributed by atoms with van der Waals surface area (Å²) in [6, 6.07) is 11.4. The fraction of sp³-hybridized carbons (Fsp3) is 0.435. The van der Waals surface area contributed by atoms with Crippen LogP contribution in [-0.2, 0) is 11.3 Å². The number of likely N-dealkylation sites (tertiary alicyclic amines) is 1. The van der Waals surface area contributed by atoms with Gasteiger partial charge in [0.05, 0.1) is 0 Å². The van der Waals surface area contributed by atoms with Crippen LogP contribution < -0.4 is 5.32 Å². The summed E-state index contributed by atoms with van der Waals surface area (Å²) in [7, 11) is 0. The van der Waals surface area contributed by atoms with Gasteiger partial charge in [0.15, 0.2) is 0 Å². The van der Waals surface area contributed by atoms with Crippen molar-refractivity contribution in [3.63, 3.8) is 0 Å². The van der Waals surface area contributed by atoms with Gasteiger partial charge in [0.25, 0.3) is 0 Å². The van der Waals surface area contributed by atoms with Crippen LogP contribution in [0.25, 0.3) is 0 Å². The highest BCUT2D eigenvalue weighted by molar-refractivity contribution is 6.30. The maximum atomic E-state index is 12.8. The summed E-state index contributed by atoms with van der Waals surface area (Å²) in [5, 5.41) is 13.8. The normalized spacial score (nSPS) is 20.9. The largest absolute Gasteiger partial charge is 0.508 e. The summed E-state index contributed by atoms with van der Waals surface area (Å²) in [6.45, 7) is 6.68. The molecule has 4 nitrogen and oxygen atoms in total. The van der Waals surface area contributed by atoms with Crippen molar-refractivity contribution in [1.29, 1.82) is 0 Å². The van der Waals surface area contributed by atoms with Gasteiger partial charge in [-0.05, 0) is 93.1 Å². The number of amides is 1. The second-order valence-corrected chi connectivity index (χ2v) is 8.97. The molecule has 1 atom stereocenters. The summed E-state index contributed by atoms with van der Waals surface area (Å²) >= 11 is 6.06. The number of nitrogens with zero attached hydrogens (tertiary/aromatic N) is 1. The zero-order chi connectivity index (χ0) is 19.9. The third-order valence-electron chi connectivity index (χ3n) is 6.28. The maximum absolute atomic E-state index is 12.8. The number of phenolic OH excluding ortho intramolecular Hbond substituents is 1. The lowest BCUT2D eigenvalue weighted by atomic mass is 9.90. The van der Waals surface area contributed by atoms with Crippen molar-refractivity contribution in [2.45, 2.75) is 39.7 Å². The second kappa shape index (κ2) is 7.41. The van der Waals surface area contributed by atoms with E-state index in [1.807, 2.05) is 18.2 Å². The van der Waals surface area contributed by atoms with Gasteiger partial charge in [-0.25, -0.2) is 0 Å². The predicted octanol–water partition coefficient (Wildman–Crippen LogP) is 4.90. The minimum absolute atomic E-state index is 0.120. The van der Waals surface area contributed by atoms with Crippen molar-refractivity contribution in [3.8, 4) is 5.75 Å². The number of anilines is 1. The number of aryl methyl sites for hydroxylation is 2. The summed E-state index contributed by atoms with van der Waals surface area (Å²) in [4.78, 5) is 15.1. The van der Waals surface area contributed by atoms with Crippen molar-refractivity contribution in [3.05, 3.63) is 58.1 Å². The van der Waals surface area contributed by atoms with E-state index < -0.39 is 0 Å². The fourth-order valence-electron chi connectivity index (χ4n) is 4.63. The van der Waals surface area contributed by atoms with Crippen LogP contribution >= 0.6 is 11.6 Å². The van der Waals surface area contributed by atoms with E-state index in [9.17, 15) is 9.90 Å². The number of benzene rings is 2. The van der Waals surface area contributed by atoms with Crippen LogP contribution in [-0.4, -0.2) is 29.0 Å². The van der Waals surface area contributed by atoms with Crippen LogP contribution in [0.1, 0.15) is 36.0 Å². The average molecular weight is 399 g/mol. The van der Waals surface area contributed by atoms with Crippen LogP contribution in [0.3, 0.4) is 0 Å². The molecule has 2 N–H and O–H groups in total. The monoisotopic (exact) mass is 398 g/mol. The standard InChI is InChI=1S/C23H27ClN2O2/c1-15-9-16(2)11-19(10-15)25-22(28)20-13-23(20)5-7-26(8-6-23)14-17-12-18(24)3-4-21(17)27/h3-4,9-12,20,27H,5-8,13-14H2,1-2H3,(H,25,28). The minimum Gasteiger partial charge on any atom is -0.508 e. The van der Waals surface area contributed by atoms with Gasteiger partial charge in [0.1, 0.15) is 5.75 Å². The number of rotatable bonds is 4. The van der Waals surface area contributed by atoms with Crippen molar-refractivity contribution < 1.29 is 9.90 Å². The number of piperidine rings is 1. The topological polar surface area (TPSA) is 52.6 Å². The summed E-state index contributed by atoms with van der Waals surface area (Å²) in [5.41, 5.74) is 4.26. The lowest BCUT2D eigenvalue weighted by molar-refractivity contribution is -0.118. The van der Waals surface area contributed by atoms with E-state index in [-0.39, 0.29) is 17.2 Å². The molecule has 1 aliphatic heterocycles. The van der Waals surface area contributed by atoms with Crippen LogP contribution in [0.15, 0.2) is 36.4 Å². The third-order valence-corrected chi connectivity index (χ3v) is 6.52. The maximum Gasteiger partial charge on any atom is 0.228 e. The molecule has 1 saturated carbocycles. The van der Waals surface area contributed by atoms with E-state index in [1.54, 1.807) is 12.1 Å². The molecule has 1 saturated heterocycles. The average Bonchev–Trinajstić information content (AvgIpc) is 3.33. The van der Waals surface area contributed by atoms with Crippen LogP contribution in [0.4, 0.5) is 5.69 Å². The Bertz CT molecular complexity index is 883. The number of nitrogens with one attached hydrogen (secondary N) is 1. The molecule has 0 bridgehead atoms. The number of aromatic hydroxyl groups is 1. The first-order valence-electron chi connectivity index (χ1n) is 9.94. The van der Waals surface area contributed by atoms with E-state index in [0.717, 1.165) is 43.6 Å². The number of carbonyl (C=O) groups is 1. The zero-order valence-electron chi connectivity index (χ0n) is 16.5. The van der Waals surface area contributed by atoms with Gasteiger partial charge in [0.2, 0.25) is 5.91 Å². The van der Waals surface area contributed by atoms with Crippen LogP contribution in [0.5, 0.6) is 5.75 Å². The van der Waals surface area contributed by atoms with Gasteiger partial charge in [-0.15, -0.1) is 0 Å². The molecule has 2 aromatic rings. The quantitative estimate of drug-likeness (QED) is 0.769. The first-order valence-corrected chi connectivity index (χ1v) is 10.3. The molecule has 2 aromatic carbocycles. The zero-order valence-corrected chi connectivity index (χ0v) is 17.2. The van der Waals surface area contributed by atoms with Crippen molar-refractivity contribution in [1.82, 2.24) is 4.90 Å². The molecule has 28 heavy (non-hydrogen) atoms. The van der Waals surface area contributed by atoms with Gasteiger partial charge in [-0.2, -0.15) is 0 Å². The first-order chi connectivity index (χ1) is 13.3. The molecule has 1 heterocycles. The lowest BCUT2D eigenvalue weighted by Crippen LogP contribution is -2.35. The SMILES string of the molecule is Cc1cc(C)cc(NC(=O)C2CC23CCN(Cc2cc(Cl)ccc2O)CC3)c1. The van der Waals surface area contributed by atoms with Gasteiger partial charge in [-0.1, -0.05) is 17.7 Å². The Labute approximate surface area is 171 Å². The number of carbonyl (C=O) groups excluding carboxylic acids is 1. The highest BCUT2D eigenvalue weighted by atomic mass is 35.5. The molecule has 5 heteroatoms. The van der Waals surface area contributed by atoms with Crippen molar-refractivity contribution in [2.24, 2.45) is 11.3 Å². The molecule has 4 rings (SSSR count). The molecule has 1 aliphatic carbocycles. The molecular formula is C23H27ClN2O2. The number of halogens is 1. The second-order valence-electron chi connectivity index (χ2n) is 8.53. The summed E-state index contributed by atoms with van der Waals surface area (Å²) in [6.07, 6.45) is 3.04. The van der Waals surface area contributed by atoms with Crippen molar-refractivity contribution >= 4 is 23.2 Å². The van der Waals surface area contributed by atoms with Crippen molar-refractivity contribution in [2.75, 3.05) is 18.4 Å². The first kappa shape index (κ1) is 19.3. The molecule has 2 fully saturated rings. The van der Waals surface area contributed by atoms with E-state index in [2.05, 4.69) is 30.1 Å². The molecule has 148 valence electrons. The van der Waals surface area contributed by atoms with E-state index in [1.165, 1.54) is 11.1 Å². The Morgan fingerprint density at radius 3 is 2.54 bits per heavy atom. The Kier molecular flexibility index (Phi) is 5.11. The molecule has 2 aliphatic rings. The Hall–Kier alpha value is -2.04. The van der Waals surface area contributed by atoms with Gasteiger partial charge >= 0.3 is 0 Å². The number of hydrogen-bond donors (Lipinski definition) is 2. The van der Waals surface area contributed by atoms with Crippen LogP contribution in [0, 0.1) is 25.2 Å². The molecule has 0 radical (unpaired) electrons. The fourth-order valence-corrected chi connectivity index (χ4v) is 4.82. The number of phenols is 1. The molecule has 0 aromatic heterocycles. The van der Waals surface area contributed by atoms with Crippen LogP contribution in [0.2, 0.25) is 5.02 Å². The minimum atomic E-state index is 0.120. The van der Waals surface area contributed by atoms with Gasteiger partial charge < -0.3 is 10.4 Å². The summed E-state index contributed by atoms with van der Waals surface area (Å²) in [5.74, 6) is 0.572. The van der Waals surface area contributed by atoms with E-state index >= 15 is 0 Å². The highest BCUT2D eigenvalue weighted by Crippen LogP contribution is 2.59. The molecular weight excluding hydrogens is 372 g/mol. The lowest BCUT2D eigenvalue weighted by Gasteiger charge is -2.33. The van der Waals surface area contributed by atoms with E-state index in [0.29, 0.717) is 17.3 Å². The predicted molar refractivity (Wildman–Crippen MR) is 113 cm³/mol. The summed E-state index contributed by atoms with van der Waals surface area (Å²) < 4.78 is 0. The molecule has 1 unspecified atom stereocenters.